The smallest absolute Gasteiger partial charge is 0.317 e. The lowest BCUT2D eigenvalue weighted by molar-refractivity contribution is -0.138. The maximum atomic E-state index is 13.4. The van der Waals surface area contributed by atoms with Crippen LogP contribution in [0, 0.1) is 17.1 Å². The molecule has 1 N–H and O–H groups in total. The average molecular weight is 391 g/mol. The van der Waals surface area contributed by atoms with Crippen molar-refractivity contribution < 1.29 is 19.0 Å². The van der Waals surface area contributed by atoms with E-state index < -0.39 is 11.6 Å². The third kappa shape index (κ3) is 4.28. The van der Waals surface area contributed by atoms with Crippen molar-refractivity contribution in [3.8, 4) is 6.07 Å². The summed E-state index contributed by atoms with van der Waals surface area (Å²) in [5.41, 5.74) is 2.45. The molecular formula is C20H20ClFN2O3. The Kier molecular flexibility index (Phi) is 6.55. The van der Waals surface area contributed by atoms with Crippen LogP contribution >= 0.6 is 12.4 Å². The summed E-state index contributed by atoms with van der Waals surface area (Å²) in [5, 5.41) is 18.1. The first-order valence-electron chi connectivity index (χ1n) is 8.28. The molecule has 0 amide bonds. The van der Waals surface area contributed by atoms with Crippen molar-refractivity contribution in [3.05, 3.63) is 70.5 Å². The number of benzene rings is 2. The summed E-state index contributed by atoms with van der Waals surface area (Å²) in [6.45, 7) is 0.772. The lowest BCUT2D eigenvalue weighted by Crippen LogP contribution is -2.34. The molecule has 0 bridgehead atoms. The predicted molar refractivity (Wildman–Crippen MR) is 100 cm³/mol. The zero-order valence-corrected chi connectivity index (χ0v) is 15.6. The molecule has 1 unspecified atom stereocenters. The van der Waals surface area contributed by atoms with E-state index in [0.717, 1.165) is 16.7 Å². The summed E-state index contributed by atoms with van der Waals surface area (Å²) in [5.74, 6) is -1.22. The number of carbonyl (C=O) groups is 1. The third-order valence-corrected chi connectivity index (χ3v) is 4.70. The Bertz CT molecular complexity index is 867. The van der Waals surface area contributed by atoms with Crippen LogP contribution in [0.2, 0.25) is 0 Å². The van der Waals surface area contributed by atoms with E-state index in [4.69, 9.17) is 15.1 Å². The average Bonchev–Trinajstić information content (AvgIpc) is 2.99. The fourth-order valence-electron chi connectivity index (χ4n) is 3.42. The maximum absolute atomic E-state index is 13.4. The highest BCUT2D eigenvalue weighted by Crippen LogP contribution is 2.44. The van der Waals surface area contributed by atoms with Crippen molar-refractivity contribution in [1.82, 2.24) is 4.90 Å². The van der Waals surface area contributed by atoms with Gasteiger partial charge in [-0.25, -0.2) is 4.39 Å². The standard InChI is InChI=1S/C20H19FN2O3.ClH/c1-23(12-19(24)25)9-8-20(16-3-5-17(21)6-4-16)18-7-2-14(11-22)10-15(18)13-26-20;/h2-7,10H,8-9,12-13H2,1H3,(H,24,25);1H. The van der Waals surface area contributed by atoms with Gasteiger partial charge in [0.1, 0.15) is 11.4 Å². The lowest BCUT2D eigenvalue weighted by Gasteiger charge is -2.32. The Morgan fingerprint density at radius 1 is 1.33 bits per heavy atom. The maximum Gasteiger partial charge on any atom is 0.317 e. The number of nitriles is 1. The van der Waals surface area contributed by atoms with E-state index in [2.05, 4.69) is 6.07 Å². The molecule has 0 aromatic heterocycles. The molecule has 0 aliphatic carbocycles. The number of rotatable bonds is 6. The quantitative estimate of drug-likeness (QED) is 0.819. The number of aliphatic carboxylic acids is 1. The number of hydrogen-bond acceptors (Lipinski definition) is 4. The first-order chi connectivity index (χ1) is 12.4. The van der Waals surface area contributed by atoms with Gasteiger partial charge in [-0.05, 0) is 54.4 Å². The van der Waals surface area contributed by atoms with Gasteiger partial charge in [0.05, 0.1) is 24.8 Å². The molecule has 2 aromatic carbocycles. The van der Waals surface area contributed by atoms with Gasteiger partial charge in [0.15, 0.2) is 0 Å². The SMILES string of the molecule is CN(CCC1(c2ccc(F)cc2)OCc2cc(C#N)ccc21)CC(=O)O.Cl. The van der Waals surface area contributed by atoms with Crippen molar-refractivity contribution in [2.75, 3.05) is 20.1 Å². The van der Waals surface area contributed by atoms with Gasteiger partial charge in [0.2, 0.25) is 0 Å². The van der Waals surface area contributed by atoms with Gasteiger partial charge < -0.3 is 9.84 Å². The zero-order chi connectivity index (χ0) is 18.7. The highest BCUT2D eigenvalue weighted by molar-refractivity contribution is 5.85. The third-order valence-electron chi connectivity index (χ3n) is 4.70. The number of carboxylic acids is 1. The van der Waals surface area contributed by atoms with Crippen molar-refractivity contribution in [2.24, 2.45) is 0 Å². The number of carboxylic acid groups (broad SMARTS) is 1. The normalized spacial score (nSPS) is 17.9. The summed E-state index contributed by atoms with van der Waals surface area (Å²) in [6, 6.07) is 13.7. The van der Waals surface area contributed by atoms with Gasteiger partial charge in [-0.2, -0.15) is 5.26 Å². The van der Waals surface area contributed by atoms with E-state index >= 15 is 0 Å². The van der Waals surface area contributed by atoms with Crippen LogP contribution in [0.25, 0.3) is 0 Å². The minimum absolute atomic E-state index is 0. The van der Waals surface area contributed by atoms with E-state index in [1.54, 1.807) is 30.1 Å². The van der Waals surface area contributed by atoms with Crippen LogP contribution in [0.5, 0.6) is 0 Å². The molecule has 0 saturated carbocycles. The van der Waals surface area contributed by atoms with E-state index in [9.17, 15) is 9.18 Å². The minimum Gasteiger partial charge on any atom is -0.480 e. The molecule has 5 nitrogen and oxygen atoms in total. The van der Waals surface area contributed by atoms with Crippen molar-refractivity contribution >= 4 is 18.4 Å². The fraction of sp³-hybridized carbons (Fsp3) is 0.300. The van der Waals surface area contributed by atoms with Crippen LogP contribution < -0.4 is 0 Å². The highest BCUT2D eigenvalue weighted by Gasteiger charge is 2.41. The second kappa shape index (κ2) is 8.49. The van der Waals surface area contributed by atoms with Crippen molar-refractivity contribution in [1.29, 1.82) is 5.26 Å². The molecule has 3 rings (SSSR count). The van der Waals surface area contributed by atoms with Crippen LogP contribution in [0.4, 0.5) is 4.39 Å². The Hall–Kier alpha value is -2.46. The van der Waals surface area contributed by atoms with Gasteiger partial charge in [-0.1, -0.05) is 18.2 Å². The molecule has 2 aromatic rings. The summed E-state index contributed by atoms with van der Waals surface area (Å²) in [6.07, 6.45) is 0.515. The molecule has 27 heavy (non-hydrogen) atoms. The van der Waals surface area contributed by atoms with E-state index in [1.807, 2.05) is 12.1 Å². The van der Waals surface area contributed by atoms with Crippen LogP contribution in [0.15, 0.2) is 42.5 Å². The number of halogens is 2. The highest BCUT2D eigenvalue weighted by atomic mass is 35.5. The molecule has 1 aliphatic heterocycles. The fourth-order valence-corrected chi connectivity index (χ4v) is 3.42. The molecule has 0 saturated heterocycles. The lowest BCUT2D eigenvalue weighted by atomic mass is 9.82. The predicted octanol–water partition coefficient (Wildman–Crippen LogP) is 3.30. The van der Waals surface area contributed by atoms with E-state index in [0.29, 0.717) is 25.1 Å². The van der Waals surface area contributed by atoms with Gasteiger partial charge >= 0.3 is 5.97 Å². The number of fused-ring (bicyclic) bond motifs is 1. The Balaban J connectivity index is 0.00000261. The Morgan fingerprint density at radius 3 is 2.67 bits per heavy atom. The summed E-state index contributed by atoms with van der Waals surface area (Å²) >= 11 is 0. The molecular weight excluding hydrogens is 371 g/mol. The first-order valence-corrected chi connectivity index (χ1v) is 8.28. The Labute approximate surface area is 163 Å². The molecule has 0 spiro atoms. The number of ether oxygens (including phenoxy) is 1. The zero-order valence-electron chi connectivity index (χ0n) is 14.8. The molecule has 1 heterocycles. The molecule has 1 aliphatic rings. The van der Waals surface area contributed by atoms with Gasteiger partial charge in [-0.3, -0.25) is 9.69 Å². The van der Waals surface area contributed by atoms with Crippen LogP contribution in [-0.2, 0) is 21.7 Å². The first kappa shape index (κ1) is 20.8. The second-order valence-corrected chi connectivity index (χ2v) is 6.49. The molecule has 0 fully saturated rings. The van der Waals surface area contributed by atoms with Crippen molar-refractivity contribution in [3.63, 3.8) is 0 Å². The second-order valence-electron chi connectivity index (χ2n) is 6.49. The summed E-state index contributed by atoms with van der Waals surface area (Å²) < 4.78 is 19.6. The van der Waals surface area contributed by atoms with Crippen molar-refractivity contribution in [2.45, 2.75) is 18.6 Å². The van der Waals surface area contributed by atoms with E-state index in [-0.39, 0.29) is 24.8 Å². The summed E-state index contributed by atoms with van der Waals surface area (Å²) in [7, 11) is 1.74. The molecule has 0 radical (unpaired) electrons. The van der Waals surface area contributed by atoms with E-state index in [1.165, 1.54) is 12.1 Å². The van der Waals surface area contributed by atoms with Gasteiger partial charge in [0.25, 0.3) is 0 Å². The van der Waals surface area contributed by atoms with Crippen LogP contribution in [0.1, 0.15) is 28.7 Å². The molecule has 142 valence electrons. The molecule has 1 atom stereocenters. The number of hydrogen-bond donors (Lipinski definition) is 1. The van der Waals surface area contributed by atoms with Gasteiger partial charge in [-0.15, -0.1) is 12.4 Å². The van der Waals surface area contributed by atoms with Crippen LogP contribution in [0.3, 0.4) is 0 Å². The number of likely N-dealkylation sites (N-methyl/N-ethyl adjacent to an activating group) is 1. The number of nitrogens with zero attached hydrogens (tertiary/aromatic N) is 2. The van der Waals surface area contributed by atoms with Crippen LogP contribution in [-0.4, -0.2) is 36.1 Å². The van der Waals surface area contributed by atoms with Gasteiger partial charge in [0, 0.05) is 6.54 Å². The Morgan fingerprint density at radius 2 is 2.04 bits per heavy atom. The summed E-state index contributed by atoms with van der Waals surface area (Å²) in [4.78, 5) is 12.6. The molecule has 7 heteroatoms. The largest absolute Gasteiger partial charge is 0.480 e. The minimum atomic E-state index is -0.894. The topological polar surface area (TPSA) is 73.6 Å². The monoisotopic (exact) mass is 390 g/mol.